The average Bonchev–Trinajstić information content (AvgIpc) is 3.22. The summed E-state index contributed by atoms with van der Waals surface area (Å²) in [4.78, 5) is 24.1. The van der Waals surface area contributed by atoms with Gasteiger partial charge in [-0.05, 0) is 117 Å². The van der Waals surface area contributed by atoms with E-state index < -0.39 is 0 Å². The number of aromatic nitrogens is 2. The van der Waals surface area contributed by atoms with Crippen LogP contribution in [0.5, 0.6) is 5.75 Å². The number of hydrogen-bond acceptors (Lipinski definition) is 8. The Morgan fingerprint density at radius 1 is 1.11 bits per heavy atom. The highest BCUT2D eigenvalue weighted by molar-refractivity contribution is 7.99. The first-order valence-corrected chi connectivity index (χ1v) is 18.1. The minimum Gasteiger partial charge on any atom is -0.490 e. The number of hydrogen-bond donors (Lipinski definition) is 0. The van der Waals surface area contributed by atoms with Gasteiger partial charge in [-0.25, -0.2) is 14.8 Å². The highest BCUT2D eigenvalue weighted by Gasteiger charge is 2.46. The van der Waals surface area contributed by atoms with E-state index in [9.17, 15) is 4.79 Å². The summed E-state index contributed by atoms with van der Waals surface area (Å²) in [6.45, 7) is 2.34. The van der Waals surface area contributed by atoms with Gasteiger partial charge >= 0.3 is 5.97 Å². The van der Waals surface area contributed by atoms with E-state index in [1.165, 1.54) is 50.3 Å². The van der Waals surface area contributed by atoms with Crippen LogP contribution in [0.3, 0.4) is 0 Å². The van der Waals surface area contributed by atoms with Gasteiger partial charge in [0.2, 0.25) is 0 Å². The highest BCUT2D eigenvalue weighted by atomic mass is 35.5. The molecule has 0 N–H and O–H groups in total. The minimum absolute atomic E-state index is 0.157. The van der Waals surface area contributed by atoms with Crippen molar-refractivity contribution in [2.75, 3.05) is 38.8 Å². The molecule has 0 bridgehead atoms. The van der Waals surface area contributed by atoms with Gasteiger partial charge in [-0.1, -0.05) is 35.9 Å². The van der Waals surface area contributed by atoms with E-state index in [2.05, 4.69) is 27.0 Å². The molecule has 3 aliphatic carbocycles. The second-order valence-electron chi connectivity index (χ2n) is 13.7. The van der Waals surface area contributed by atoms with E-state index in [0.29, 0.717) is 35.2 Å². The van der Waals surface area contributed by atoms with E-state index in [1.807, 2.05) is 61.6 Å². The minimum atomic E-state index is -0.328. The molecule has 1 unspecified atom stereocenters. The zero-order chi connectivity index (χ0) is 31.7. The number of ether oxygens (including phenoxy) is 3. The number of carbonyl (C=O) groups excluding carboxylic acids is 1. The number of halogens is 1. The molecule has 2 saturated carbocycles. The van der Waals surface area contributed by atoms with Gasteiger partial charge < -0.3 is 19.1 Å². The number of benzene rings is 2. The standard InChI is InChI=1S/C37H44ClN3O4S/c1-43-34(25-6-3-8-29(19-25)46-36-39-16-5-17-40-36)30-12-9-27(30)21-41-22-37(15-4-7-24-18-28(38)11-13-31(24)37)23-45-33-14-10-26(20-32(33)41)35(42)44-2/h5,10-11,13-14,16-18,20,25,27,29-30,34H,3-4,6-9,12,15,19,21-23H2,1-2H3/t25-,27-,29-,30+,34+,37?/m0/s1. The molecule has 244 valence electrons. The molecular formula is C37H44ClN3O4S. The second-order valence-corrected chi connectivity index (χ2v) is 15.4. The maximum atomic E-state index is 12.6. The third kappa shape index (κ3) is 6.37. The fourth-order valence-electron chi connectivity index (χ4n) is 8.69. The zero-order valence-electron chi connectivity index (χ0n) is 26.8. The SMILES string of the molecule is COC(=O)c1ccc2c(c1)N(C[C@@H]1CC[C@H]1[C@H](OC)[C@H]1CCC[C@H](Sc3ncccn3)C1)CC1(CCCc3cc(Cl)ccc31)CO2. The first-order chi connectivity index (χ1) is 22.5. The quantitative estimate of drug-likeness (QED) is 0.179. The number of nitrogens with zero attached hydrogens (tertiary/aromatic N) is 3. The predicted octanol–water partition coefficient (Wildman–Crippen LogP) is 7.78. The summed E-state index contributed by atoms with van der Waals surface area (Å²) in [6, 6.07) is 14.0. The van der Waals surface area contributed by atoms with Crippen LogP contribution < -0.4 is 9.64 Å². The third-order valence-corrected chi connectivity index (χ3v) is 12.4. The molecule has 0 radical (unpaired) electrons. The number of fused-ring (bicyclic) bond motifs is 3. The summed E-state index contributed by atoms with van der Waals surface area (Å²) < 4.78 is 18.1. The van der Waals surface area contributed by atoms with E-state index >= 15 is 0 Å². The van der Waals surface area contributed by atoms with Crippen molar-refractivity contribution in [3.8, 4) is 5.75 Å². The Morgan fingerprint density at radius 3 is 2.76 bits per heavy atom. The summed E-state index contributed by atoms with van der Waals surface area (Å²) in [5.74, 6) is 2.02. The zero-order valence-corrected chi connectivity index (χ0v) is 28.4. The van der Waals surface area contributed by atoms with Crippen LogP contribution in [-0.4, -0.2) is 61.2 Å². The van der Waals surface area contributed by atoms with Crippen LogP contribution in [0.2, 0.25) is 5.02 Å². The van der Waals surface area contributed by atoms with Crippen LogP contribution in [-0.2, 0) is 21.3 Å². The summed E-state index contributed by atoms with van der Waals surface area (Å²) in [6.07, 6.45) is 14.2. The van der Waals surface area contributed by atoms with Crippen LogP contribution in [0.4, 0.5) is 5.69 Å². The lowest BCUT2D eigenvalue weighted by molar-refractivity contribution is -0.0587. The van der Waals surface area contributed by atoms with Gasteiger partial charge in [-0.3, -0.25) is 0 Å². The molecule has 3 aromatic rings. The number of aryl methyl sites for hydroxylation is 1. The molecular weight excluding hydrogens is 618 g/mol. The predicted molar refractivity (Wildman–Crippen MR) is 182 cm³/mol. The first-order valence-electron chi connectivity index (χ1n) is 16.8. The highest BCUT2D eigenvalue weighted by Crippen LogP contribution is 2.49. The molecule has 6 atom stereocenters. The molecule has 7 rings (SSSR count). The normalized spacial score (nSPS) is 27.8. The van der Waals surface area contributed by atoms with Crippen LogP contribution in [0.1, 0.15) is 72.9 Å². The van der Waals surface area contributed by atoms with Crippen molar-refractivity contribution in [2.45, 2.75) is 79.7 Å². The fourth-order valence-corrected chi connectivity index (χ4v) is 10.1. The number of methoxy groups -OCH3 is 2. The number of thioether (sulfide) groups is 1. The maximum Gasteiger partial charge on any atom is 0.337 e. The average molecular weight is 662 g/mol. The smallest absolute Gasteiger partial charge is 0.337 e. The summed E-state index contributed by atoms with van der Waals surface area (Å²) in [7, 11) is 3.35. The number of carbonyl (C=O) groups is 1. The Hall–Kier alpha value is -2.81. The van der Waals surface area contributed by atoms with Crippen LogP contribution in [0.25, 0.3) is 0 Å². The monoisotopic (exact) mass is 661 g/mol. The van der Waals surface area contributed by atoms with Crippen molar-refractivity contribution in [3.05, 3.63) is 76.6 Å². The fraction of sp³-hybridized carbons (Fsp3) is 0.541. The van der Waals surface area contributed by atoms with Gasteiger partial charge in [-0.15, -0.1) is 0 Å². The Bertz CT molecular complexity index is 1540. The number of esters is 1. The molecule has 0 saturated heterocycles. The third-order valence-electron chi connectivity index (χ3n) is 11.0. The molecule has 1 spiro atoms. The van der Waals surface area contributed by atoms with Gasteiger partial charge in [0.25, 0.3) is 0 Å². The molecule has 1 aliphatic heterocycles. The molecule has 4 aliphatic rings. The molecule has 2 aromatic carbocycles. The summed E-state index contributed by atoms with van der Waals surface area (Å²) in [5.41, 5.74) is 4.06. The Labute approximate surface area is 281 Å². The number of rotatable bonds is 8. The summed E-state index contributed by atoms with van der Waals surface area (Å²) >= 11 is 8.29. The first kappa shape index (κ1) is 31.8. The Balaban J connectivity index is 1.15. The Kier molecular flexibility index (Phi) is 9.49. The lowest BCUT2D eigenvalue weighted by Gasteiger charge is -2.48. The largest absolute Gasteiger partial charge is 0.490 e. The van der Waals surface area contributed by atoms with Crippen molar-refractivity contribution in [2.24, 2.45) is 17.8 Å². The van der Waals surface area contributed by atoms with Crippen molar-refractivity contribution in [1.82, 2.24) is 9.97 Å². The van der Waals surface area contributed by atoms with Crippen LogP contribution in [0, 0.1) is 17.8 Å². The second kappa shape index (κ2) is 13.7. The topological polar surface area (TPSA) is 73.8 Å². The molecule has 46 heavy (non-hydrogen) atoms. The van der Waals surface area contributed by atoms with Crippen molar-refractivity contribution in [1.29, 1.82) is 0 Å². The molecule has 7 nitrogen and oxygen atoms in total. The van der Waals surface area contributed by atoms with E-state index in [1.54, 1.807) is 0 Å². The number of anilines is 1. The van der Waals surface area contributed by atoms with Crippen LogP contribution in [0.15, 0.2) is 60.0 Å². The van der Waals surface area contributed by atoms with E-state index in [0.717, 1.165) is 60.4 Å². The van der Waals surface area contributed by atoms with Gasteiger partial charge in [0.05, 0.1) is 31.1 Å². The molecule has 2 fully saturated rings. The maximum absolute atomic E-state index is 12.6. The molecule has 9 heteroatoms. The van der Waals surface area contributed by atoms with E-state index in [-0.39, 0.29) is 17.5 Å². The van der Waals surface area contributed by atoms with Gasteiger partial charge in [0, 0.05) is 48.3 Å². The summed E-state index contributed by atoms with van der Waals surface area (Å²) in [5, 5.41) is 2.18. The lowest BCUT2D eigenvalue weighted by atomic mass is 9.65. The van der Waals surface area contributed by atoms with Gasteiger partial charge in [-0.2, -0.15) is 0 Å². The van der Waals surface area contributed by atoms with Crippen molar-refractivity contribution in [3.63, 3.8) is 0 Å². The molecule has 0 amide bonds. The Morgan fingerprint density at radius 2 is 1.98 bits per heavy atom. The van der Waals surface area contributed by atoms with Crippen LogP contribution >= 0.6 is 23.4 Å². The molecule has 1 aromatic heterocycles. The van der Waals surface area contributed by atoms with Gasteiger partial charge in [0.1, 0.15) is 5.75 Å². The van der Waals surface area contributed by atoms with Crippen molar-refractivity contribution < 1.29 is 19.0 Å². The molecule has 2 heterocycles. The van der Waals surface area contributed by atoms with Crippen molar-refractivity contribution >= 4 is 35.0 Å². The van der Waals surface area contributed by atoms with Gasteiger partial charge in [0.15, 0.2) is 5.16 Å². The van der Waals surface area contributed by atoms with E-state index in [4.69, 9.17) is 25.8 Å². The lowest BCUT2D eigenvalue weighted by Crippen LogP contribution is -2.51.